The van der Waals surface area contributed by atoms with Crippen LogP contribution < -0.4 is 4.89 Å². The van der Waals surface area contributed by atoms with Crippen molar-refractivity contribution < 1.29 is 42.1 Å². The third-order valence-corrected chi connectivity index (χ3v) is 18.4. The fourth-order valence-electron chi connectivity index (χ4n) is 11.6. The van der Waals surface area contributed by atoms with Crippen LogP contribution in [0.4, 0.5) is 0 Å². The van der Waals surface area contributed by atoms with Crippen molar-refractivity contribution in [2.45, 2.75) is 405 Å². The quantitative estimate of drug-likeness (QED) is 0.0195. The number of hydrogen-bond acceptors (Lipinski definition) is 8. The Balaban J connectivity index is 3.84. The van der Waals surface area contributed by atoms with Crippen molar-refractivity contribution in [2.75, 3.05) is 47.5 Å². The predicted molar refractivity (Wildman–Crippen MR) is 370 cm³/mol. The van der Waals surface area contributed by atoms with E-state index in [0.717, 1.165) is 51.4 Å². The lowest BCUT2D eigenvalue weighted by Gasteiger charge is -2.28. The molecular weight excluding hydrogens is 1090 g/mol. The minimum atomic E-state index is -4.64. The summed E-state index contributed by atoms with van der Waals surface area (Å²) in [6.07, 6.45) is 85.9. The molecule has 0 amide bonds. The van der Waals surface area contributed by atoms with Gasteiger partial charge in [-0.3, -0.25) is 14.2 Å². The second-order valence-corrected chi connectivity index (χ2v) is 28.8. The van der Waals surface area contributed by atoms with Crippen LogP contribution in [0.25, 0.3) is 0 Å². The van der Waals surface area contributed by atoms with Crippen molar-refractivity contribution >= 4 is 19.8 Å². The number of likely N-dealkylation sites (N-methyl/N-ethyl adjacent to an activating group) is 1. The van der Waals surface area contributed by atoms with Crippen LogP contribution in [-0.4, -0.2) is 70.0 Å². The van der Waals surface area contributed by atoms with E-state index in [0.29, 0.717) is 17.4 Å². The lowest BCUT2D eigenvalue weighted by molar-refractivity contribution is -0.870. The average molecular weight is 1230 g/mol. The van der Waals surface area contributed by atoms with Gasteiger partial charge in [0.25, 0.3) is 7.82 Å². The summed E-state index contributed by atoms with van der Waals surface area (Å²) in [5, 5.41) is 0. The van der Waals surface area contributed by atoms with Gasteiger partial charge in [0, 0.05) is 12.8 Å². The smallest absolute Gasteiger partial charge is 0.306 e. The summed E-state index contributed by atoms with van der Waals surface area (Å²) >= 11 is 0. The highest BCUT2D eigenvalue weighted by molar-refractivity contribution is 7.45. The number of esters is 2. The number of unbranched alkanes of at least 4 members (excludes halogenated alkanes) is 54. The SMILES string of the molecule is CCCCCCC/C=C\C/C=C\CCCCCCCCCCCC(=O)OC(COC(=O)CCCCCCCCCCCCCCCCCCCCCCCCCCCCCCCCCCCCCCCCCCC)COP(=O)([O-])OCC[N+](C)(C)C. The molecule has 0 bridgehead atoms. The highest BCUT2D eigenvalue weighted by atomic mass is 31.2. The Bertz CT molecular complexity index is 1500. The first-order valence-electron chi connectivity index (χ1n) is 38.0. The van der Waals surface area contributed by atoms with E-state index in [1.807, 2.05) is 21.1 Å². The monoisotopic (exact) mass is 1230 g/mol. The molecule has 0 fully saturated rings. The molecule has 10 heteroatoms. The van der Waals surface area contributed by atoms with Crippen LogP contribution in [0, 0.1) is 0 Å². The molecule has 86 heavy (non-hydrogen) atoms. The van der Waals surface area contributed by atoms with Crippen LogP contribution >= 0.6 is 7.82 Å². The number of phosphoric acid groups is 1. The summed E-state index contributed by atoms with van der Waals surface area (Å²) in [6, 6.07) is 0. The second-order valence-electron chi connectivity index (χ2n) is 27.4. The van der Waals surface area contributed by atoms with Crippen molar-refractivity contribution in [1.82, 2.24) is 0 Å². The molecule has 0 aromatic carbocycles. The van der Waals surface area contributed by atoms with Crippen molar-refractivity contribution in [3.05, 3.63) is 24.3 Å². The van der Waals surface area contributed by atoms with E-state index < -0.39 is 26.5 Å². The number of carbonyl (C=O) groups excluding carboxylic acids is 2. The first kappa shape index (κ1) is 84.5. The Kier molecular flexibility index (Phi) is 66.7. The highest BCUT2D eigenvalue weighted by Crippen LogP contribution is 2.38. The maximum atomic E-state index is 12.8. The summed E-state index contributed by atoms with van der Waals surface area (Å²) in [6.45, 7) is 4.30. The van der Waals surface area contributed by atoms with Gasteiger partial charge in [0.1, 0.15) is 19.8 Å². The normalized spacial score (nSPS) is 13.1. The Morgan fingerprint density at radius 1 is 0.360 bits per heavy atom. The van der Waals surface area contributed by atoms with Crippen LogP contribution in [0.2, 0.25) is 0 Å². The minimum absolute atomic E-state index is 0.0290. The molecule has 0 saturated heterocycles. The highest BCUT2D eigenvalue weighted by Gasteiger charge is 2.22. The van der Waals surface area contributed by atoms with Crippen LogP contribution in [0.15, 0.2) is 24.3 Å². The number of ether oxygens (including phenoxy) is 2. The van der Waals surface area contributed by atoms with Crippen molar-refractivity contribution in [1.29, 1.82) is 0 Å². The zero-order valence-electron chi connectivity index (χ0n) is 58.3. The van der Waals surface area contributed by atoms with Crippen molar-refractivity contribution in [3.63, 3.8) is 0 Å². The molecule has 0 aliphatic rings. The van der Waals surface area contributed by atoms with Crippen LogP contribution in [-0.2, 0) is 32.7 Å². The number of hydrogen-bond donors (Lipinski definition) is 0. The van der Waals surface area contributed by atoms with Crippen LogP contribution in [0.1, 0.15) is 399 Å². The van der Waals surface area contributed by atoms with E-state index in [9.17, 15) is 19.0 Å². The van der Waals surface area contributed by atoms with Gasteiger partial charge < -0.3 is 27.9 Å². The summed E-state index contributed by atoms with van der Waals surface area (Å²) in [7, 11) is 1.18. The average Bonchev–Trinajstić information content (AvgIpc) is 3.67. The van der Waals surface area contributed by atoms with Gasteiger partial charge in [0.2, 0.25) is 0 Å². The molecule has 0 aliphatic carbocycles. The van der Waals surface area contributed by atoms with Gasteiger partial charge in [-0.25, -0.2) is 0 Å². The van der Waals surface area contributed by atoms with E-state index in [4.69, 9.17) is 18.5 Å². The molecule has 0 spiro atoms. The zero-order valence-corrected chi connectivity index (χ0v) is 59.2. The molecular formula is C76H148NO8P. The number of rotatable bonds is 72. The fourth-order valence-corrected chi connectivity index (χ4v) is 12.4. The molecule has 0 rings (SSSR count). The standard InChI is InChI=1S/C76H148NO8P/c1-6-8-10-12-14-16-18-20-22-24-26-28-29-30-31-32-33-34-35-36-37-38-39-40-41-42-43-44-45-46-47-49-50-52-54-56-58-60-62-64-66-68-75(78)82-72-74(73-84-86(80,81)83-71-70-77(3,4)5)85-76(79)69-67-65-63-61-59-57-55-53-51-48-27-25-23-21-19-17-15-13-11-9-7-2/h19,21,25,27,74H,6-18,20,22-24,26,28-73H2,1-5H3/b21-19-,27-25-. The van der Waals surface area contributed by atoms with Crippen LogP contribution in [0.5, 0.6) is 0 Å². The molecule has 0 aromatic heterocycles. The number of phosphoric ester groups is 1. The number of nitrogens with zero attached hydrogens (tertiary/aromatic N) is 1. The van der Waals surface area contributed by atoms with Gasteiger partial charge in [-0.2, -0.15) is 0 Å². The summed E-state index contributed by atoms with van der Waals surface area (Å²) in [5.41, 5.74) is 0. The number of allylic oxidation sites excluding steroid dienone is 4. The summed E-state index contributed by atoms with van der Waals surface area (Å²) < 4.78 is 34.3. The molecule has 0 heterocycles. The lowest BCUT2D eigenvalue weighted by Crippen LogP contribution is -2.37. The van der Waals surface area contributed by atoms with Gasteiger partial charge in [-0.15, -0.1) is 0 Å². The van der Waals surface area contributed by atoms with Gasteiger partial charge in [-0.1, -0.05) is 366 Å². The molecule has 0 aliphatic heterocycles. The maximum absolute atomic E-state index is 12.8. The molecule has 9 nitrogen and oxygen atoms in total. The molecule has 0 N–H and O–H groups in total. The molecule has 2 atom stereocenters. The van der Waals surface area contributed by atoms with Gasteiger partial charge in [0.15, 0.2) is 6.10 Å². The van der Waals surface area contributed by atoms with Crippen molar-refractivity contribution in [3.8, 4) is 0 Å². The van der Waals surface area contributed by atoms with Gasteiger partial charge in [-0.05, 0) is 44.9 Å². The molecule has 0 radical (unpaired) electrons. The Morgan fingerprint density at radius 3 is 0.919 bits per heavy atom. The summed E-state index contributed by atoms with van der Waals surface area (Å²) in [5.74, 6) is -0.817. The van der Waals surface area contributed by atoms with E-state index in [-0.39, 0.29) is 32.0 Å². The maximum Gasteiger partial charge on any atom is 0.306 e. The minimum Gasteiger partial charge on any atom is -0.756 e. The third-order valence-electron chi connectivity index (χ3n) is 17.5. The third kappa shape index (κ3) is 71.6. The fraction of sp³-hybridized carbons (Fsp3) is 0.921. The number of quaternary nitrogens is 1. The largest absolute Gasteiger partial charge is 0.756 e. The zero-order chi connectivity index (χ0) is 62.6. The van der Waals surface area contributed by atoms with E-state index in [1.54, 1.807) is 0 Å². The summed E-state index contributed by atoms with van der Waals surface area (Å²) in [4.78, 5) is 38.1. The van der Waals surface area contributed by atoms with E-state index in [2.05, 4.69) is 38.2 Å². The van der Waals surface area contributed by atoms with Gasteiger partial charge in [0.05, 0.1) is 27.7 Å². The van der Waals surface area contributed by atoms with Crippen molar-refractivity contribution in [2.24, 2.45) is 0 Å². The number of carbonyl (C=O) groups is 2. The first-order chi connectivity index (χ1) is 42.0. The molecule has 0 saturated carbocycles. The first-order valence-corrected chi connectivity index (χ1v) is 39.5. The van der Waals surface area contributed by atoms with E-state index in [1.165, 1.54) is 315 Å². The Morgan fingerprint density at radius 2 is 0.628 bits per heavy atom. The van der Waals surface area contributed by atoms with Crippen LogP contribution in [0.3, 0.4) is 0 Å². The Labute approximate surface area is 536 Å². The second kappa shape index (κ2) is 67.9. The van der Waals surface area contributed by atoms with E-state index >= 15 is 0 Å². The molecule has 0 aromatic rings. The lowest BCUT2D eigenvalue weighted by atomic mass is 10.0. The predicted octanol–water partition coefficient (Wildman–Crippen LogP) is 24.2. The molecule has 510 valence electrons. The van der Waals surface area contributed by atoms with Gasteiger partial charge >= 0.3 is 11.9 Å². The Hall–Kier alpha value is -1.51. The topological polar surface area (TPSA) is 111 Å². The molecule has 2 unspecified atom stereocenters.